The number of hydrogen-bond donors (Lipinski definition) is 2. The normalized spacial score (nSPS) is 11.4. The van der Waals surface area contributed by atoms with E-state index in [4.69, 9.17) is 0 Å². The summed E-state index contributed by atoms with van der Waals surface area (Å²) in [7, 11) is -9.86. The van der Waals surface area contributed by atoms with Gasteiger partial charge in [-0.3, -0.25) is 9.59 Å². The van der Waals surface area contributed by atoms with Crippen molar-refractivity contribution in [3.63, 3.8) is 0 Å². The van der Waals surface area contributed by atoms with Crippen LogP contribution in [0.15, 0.2) is 48.5 Å². The maximum atomic E-state index is 12.1. The smallest absolute Gasteiger partial charge is 0.262 e. The Labute approximate surface area is 178 Å². The van der Waals surface area contributed by atoms with Crippen molar-refractivity contribution in [2.45, 2.75) is 6.42 Å². The molecule has 0 aliphatic heterocycles. The Bertz CT molecular complexity index is 1150. The third-order valence-corrected chi connectivity index (χ3v) is 4.33. The molecular formula is C17H16N2O10S2-2. The van der Waals surface area contributed by atoms with Gasteiger partial charge in [0.05, 0.1) is 0 Å². The lowest BCUT2D eigenvalue weighted by Gasteiger charge is -2.11. The van der Waals surface area contributed by atoms with Crippen molar-refractivity contribution in [2.24, 2.45) is 0 Å². The number of carbonyl (C=O) groups is 2. The zero-order valence-electron chi connectivity index (χ0n) is 15.6. The van der Waals surface area contributed by atoms with Crippen LogP contribution in [-0.2, 0) is 20.8 Å². The van der Waals surface area contributed by atoms with Crippen LogP contribution in [-0.4, -0.2) is 50.8 Å². The molecule has 0 saturated heterocycles. The highest BCUT2D eigenvalue weighted by Crippen LogP contribution is 2.15. The number of amides is 2. The minimum Gasteiger partial charge on any atom is -0.716 e. The molecule has 0 radical (unpaired) electrons. The van der Waals surface area contributed by atoms with Crippen LogP contribution < -0.4 is 19.0 Å². The summed E-state index contributed by atoms with van der Waals surface area (Å²) < 4.78 is 71.6. The fraction of sp³-hybridized carbons (Fsp3) is 0.176. The van der Waals surface area contributed by atoms with Gasteiger partial charge in [0.1, 0.15) is 11.5 Å². The van der Waals surface area contributed by atoms with Gasteiger partial charge in [-0.05, 0) is 48.9 Å². The fourth-order valence-electron chi connectivity index (χ4n) is 2.28. The Balaban J connectivity index is 1.76. The molecule has 2 aromatic carbocycles. The van der Waals surface area contributed by atoms with Crippen LogP contribution in [0.1, 0.15) is 27.1 Å². The van der Waals surface area contributed by atoms with E-state index in [1.807, 2.05) is 0 Å². The van der Waals surface area contributed by atoms with Gasteiger partial charge in [-0.15, -0.1) is 0 Å². The third-order valence-electron chi connectivity index (χ3n) is 3.53. The maximum absolute atomic E-state index is 12.1. The maximum Gasteiger partial charge on any atom is 0.262 e. The van der Waals surface area contributed by atoms with Crippen molar-refractivity contribution < 1.29 is 43.9 Å². The van der Waals surface area contributed by atoms with E-state index in [1.54, 1.807) is 0 Å². The van der Waals surface area contributed by atoms with Gasteiger partial charge in [-0.2, -0.15) is 0 Å². The Kier molecular flexibility index (Phi) is 7.93. The van der Waals surface area contributed by atoms with Gasteiger partial charge in [0.15, 0.2) is 0 Å². The van der Waals surface area contributed by atoms with Crippen molar-refractivity contribution in [2.75, 3.05) is 13.1 Å². The third kappa shape index (κ3) is 9.00. The van der Waals surface area contributed by atoms with Crippen LogP contribution >= 0.6 is 0 Å². The van der Waals surface area contributed by atoms with Gasteiger partial charge in [-0.25, -0.2) is 16.8 Å². The Hall–Kier alpha value is -3.20. The lowest BCUT2D eigenvalue weighted by molar-refractivity contribution is 0.0951. The molecule has 0 aromatic heterocycles. The highest BCUT2D eigenvalue weighted by molar-refractivity contribution is 7.81. The van der Waals surface area contributed by atoms with Crippen LogP contribution in [0.2, 0.25) is 0 Å². The summed E-state index contributed by atoms with van der Waals surface area (Å²) in [5.74, 6) is -1.52. The monoisotopic (exact) mass is 472 g/mol. The molecule has 0 spiro atoms. The van der Waals surface area contributed by atoms with Gasteiger partial charge in [-0.1, -0.05) is 6.07 Å². The summed E-state index contributed by atoms with van der Waals surface area (Å²) >= 11 is 0. The molecule has 0 aliphatic rings. The van der Waals surface area contributed by atoms with E-state index < -0.39 is 32.6 Å². The van der Waals surface area contributed by atoms with Crippen LogP contribution in [0.3, 0.4) is 0 Å². The molecule has 2 aromatic rings. The molecule has 0 atom stereocenters. The second-order valence-electron chi connectivity index (χ2n) is 5.90. The predicted molar refractivity (Wildman–Crippen MR) is 103 cm³/mol. The first-order valence-electron chi connectivity index (χ1n) is 8.50. The number of carbonyl (C=O) groups excluding carboxylic acids is 2. The van der Waals surface area contributed by atoms with E-state index >= 15 is 0 Å². The van der Waals surface area contributed by atoms with E-state index in [0.717, 1.165) is 18.2 Å². The summed E-state index contributed by atoms with van der Waals surface area (Å²) in [6.07, 6.45) is 0.359. The summed E-state index contributed by atoms with van der Waals surface area (Å²) in [4.78, 5) is 24.1. The average Bonchev–Trinajstić information content (AvgIpc) is 2.65. The Morgan fingerprint density at radius 3 is 1.81 bits per heavy atom. The molecule has 12 nitrogen and oxygen atoms in total. The van der Waals surface area contributed by atoms with Gasteiger partial charge < -0.3 is 28.1 Å². The minimum atomic E-state index is -4.96. The van der Waals surface area contributed by atoms with Crippen molar-refractivity contribution in [3.8, 4) is 11.5 Å². The lowest BCUT2D eigenvalue weighted by atomic mass is 10.2. The first-order valence-corrected chi connectivity index (χ1v) is 11.2. The summed E-state index contributed by atoms with van der Waals surface area (Å²) in [6, 6.07) is 9.90. The Morgan fingerprint density at radius 1 is 0.742 bits per heavy atom. The van der Waals surface area contributed by atoms with E-state index in [0.29, 0.717) is 6.42 Å². The molecule has 0 bridgehead atoms. The van der Waals surface area contributed by atoms with Crippen molar-refractivity contribution in [1.29, 1.82) is 0 Å². The predicted octanol–water partition coefficient (Wildman–Crippen LogP) is -0.0855. The molecule has 0 saturated carbocycles. The lowest BCUT2D eigenvalue weighted by Crippen LogP contribution is -2.29. The van der Waals surface area contributed by atoms with Gasteiger partial charge >= 0.3 is 0 Å². The van der Waals surface area contributed by atoms with Crippen LogP contribution in [0, 0.1) is 0 Å². The van der Waals surface area contributed by atoms with Crippen molar-refractivity contribution in [3.05, 3.63) is 59.7 Å². The minimum absolute atomic E-state index is 0.0765. The zero-order valence-corrected chi connectivity index (χ0v) is 17.3. The number of nitrogens with one attached hydrogen (secondary N) is 2. The molecule has 2 N–H and O–H groups in total. The Morgan fingerprint density at radius 2 is 1.26 bits per heavy atom. The van der Waals surface area contributed by atoms with Crippen LogP contribution in [0.25, 0.3) is 0 Å². The molecule has 0 aliphatic carbocycles. The van der Waals surface area contributed by atoms with Gasteiger partial charge in [0, 0.05) is 24.2 Å². The number of hydrogen-bond acceptors (Lipinski definition) is 10. The largest absolute Gasteiger partial charge is 0.716 e. The molecular weight excluding hydrogens is 456 g/mol. The zero-order chi connectivity index (χ0) is 23.1. The molecule has 0 heterocycles. The van der Waals surface area contributed by atoms with Crippen molar-refractivity contribution >= 4 is 32.6 Å². The van der Waals surface area contributed by atoms with Gasteiger partial charge in [0.25, 0.3) is 32.6 Å². The molecule has 2 rings (SSSR count). The summed E-state index contributed by atoms with van der Waals surface area (Å²) in [5, 5.41) is 5.14. The SMILES string of the molecule is O=C(NCCCNC(=O)c1cccc(OS(=O)(=O)[O-])c1)c1ccc(OS(=O)(=O)[O-])cc1. The van der Waals surface area contributed by atoms with Crippen molar-refractivity contribution in [1.82, 2.24) is 10.6 Å². The second kappa shape index (κ2) is 10.2. The standard InChI is InChI=1S/C17H18N2O10S2/c20-16(12-5-7-14(8-6-12)28-30(22,23)24)18-9-2-10-19-17(21)13-3-1-4-15(11-13)29-31(25,26)27/h1,3-8,11H,2,9-10H2,(H,18,20)(H,19,21)(H,22,23,24)(H,25,26,27)/p-2. The quantitative estimate of drug-likeness (QED) is 0.268. The molecule has 168 valence electrons. The first kappa shape index (κ1) is 24.1. The first-order chi connectivity index (χ1) is 14.4. The summed E-state index contributed by atoms with van der Waals surface area (Å²) in [5.41, 5.74) is 0.275. The highest BCUT2D eigenvalue weighted by atomic mass is 32.3. The molecule has 14 heteroatoms. The van der Waals surface area contributed by atoms with E-state index in [9.17, 15) is 35.5 Å². The molecule has 0 fully saturated rings. The number of benzene rings is 2. The highest BCUT2D eigenvalue weighted by Gasteiger charge is 2.09. The number of rotatable bonds is 10. The van der Waals surface area contributed by atoms with E-state index in [1.165, 1.54) is 30.3 Å². The molecule has 0 unspecified atom stereocenters. The van der Waals surface area contributed by atoms with Crippen LogP contribution in [0.4, 0.5) is 0 Å². The average molecular weight is 472 g/mol. The van der Waals surface area contributed by atoms with Gasteiger partial charge in [0.2, 0.25) is 0 Å². The molecule has 31 heavy (non-hydrogen) atoms. The van der Waals surface area contributed by atoms with Crippen LogP contribution in [0.5, 0.6) is 11.5 Å². The topological polar surface area (TPSA) is 191 Å². The fourth-order valence-corrected chi connectivity index (χ4v) is 2.97. The second-order valence-corrected chi connectivity index (χ2v) is 7.87. The molecule has 2 amide bonds. The van der Waals surface area contributed by atoms with E-state index in [-0.39, 0.29) is 35.7 Å². The summed E-state index contributed by atoms with van der Waals surface area (Å²) in [6.45, 7) is 0.377. The van der Waals surface area contributed by atoms with E-state index in [2.05, 4.69) is 19.0 Å².